The Morgan fingerprint density at radius 1 is 1.31 bits per heavy atom. The number of hydrogen-bond donors (Lipinski definition) is 3. The lowest BCUT2D eigenvalue weighted by Crippen LogP contribution is -2.34. The predicted molar refractivity (Wildman–Crippen MR) is 62.3 cm³/mol. The summed E-state index contributed by atoms with van der Waals surface area (Å²) >= 11 is 0. The molecule has 4 heteroatoms. The molecule has 0 aromatic heterocycles. The normalized spacial score (nSPS) is 17.0. The Kier molecular flexibility index (Phi) is 3.41. The SMILES string of the molecule is O=C(Nc1ccccc1O)C1CCNCC1. The number of hydrogen-bond acceptors (Lipinski definition) is 3. The second-order valence-corrected chi connectivity index (χ2v) is 4.03. The van der Waals surface area contributed by atoms with Gasteiger partial charge in [-0.05, 0) is 38.1 Å². The molecule has 0 saturated carbocycles. The first-order valence-electron chi connectivity index (χ1n) is 5.57. The summed E-state index contributed by atoms with van der Waals surface area (Å²) in [5.41, 5.74) is 0.492. The van der Waals surface area contributed by atoms with Gasteiger partial charge in [-0.15, -0.1) is 0 Å². The fourth-order valence-electron chi connectivity index (χ4n) is 1.90. The van der Waals surface area contributed by atoms with Crippen LogP contribution in [0.3, 0.4) is 0 Å². The second kappa shape index (κ2) is 4.99. The molecule has 4 nitrogen and oxygen atoms in total. The Labute approximate surface area is 94.7 Å². The van der Waals surface area contributed by atoms with Crippen molar-refractivity contribution in [2.75, 3.05) is 18.4 Å². The maximum Gasteiger partial charge on any atom is 0.227 e. The van der Waals surface area contributed by atoms with Crippen molar-refractivity contribution in [1.82, 2.24) is 5.32 Å². The molecule has 86 valence electrons. The Hall–Kier alpha value is -1.55. The molecule has 1 aromatic carbocycles. The van der Waals surface area contributed by atoms with Gasteiger partial charge in [0, 0.05) is 5.92 Å². The van der Waals surface area contributed by atoms with E-state index in [4.69, 9.17) is 0 Å². The summed E-state index contributed by atoms with van der Waals surface area (Å²) in [5.74, 6) is 0.175. The highest BCUT2D eigenvalue weighted by atomic mass is 16.3. The Balaban J connectivity index is 1.99. The van der Waals surface area contributed by atoms with Crippen molar-refractivity contribution >= 4 is 11.6 Å². The molecule has 16 heavy (non-hydrogen) atoms. The first-order chi connectivity index (χ1) is 7.77. The summed E-state index contributed by atoms with van der Waals surface area (Å²) in [6.07, 6.45) is 1.72. The van der Waals surface area contributed by atoms with E-state index in [2.05, 4.69) is 10.6 Å². The predicted octanol–water partition coefficient (Wildman–Crippen LogP) is 1.33. The van der Waals surface area contributed by atoms with Crippen molar-refractivity contribution in [2.24, 2.45) is 5.92 Å². The van der Waals surface area contributed by atoms with E-state index in [1.54, 1.807) is 24.3 Å². The number of carbonyl (C=O) groups excluding carboxylic acids is 1. The quantitative estimate of drug-likeness (QED) is 0.659. The maximum atomic E-state index is 11.9. The standard InChI is InChI=1S/C12H16N2O2/c15-11-4-2-1-3-10(11)14-12(16)9-5-7-13-8-6-9/h1-4,9,13,15H,5-8H2,(H,14,16). The minimum Gasteiger partial charge on any atom is -0.506 e. The van der Waals surface area contributed by atoms with Gasteiger partial charge in [0.1, 0.15) is 5.75 Å². The van der Waals surface area contributed by atoms with E-state index in [1.807, 2.05) is 0 Å². The summed E-state index contributed by atoms with van der Waals surface area (Å²) in [7, 11) is 0. The number of nitrogens with one attached hydrogen (secondary N) is 2. The van der Waals surface area contributed by atoms with Crippen LogP contribution in [0.1, 0.15) is 12.8 Å². The van der Waals surface area contributed by atoms with Crippen molar-refractivity contribution in [3.63, 3.8) is 0 Å². The van der Waals surface area contributed by atoms with Crippen molar-refractivity contribution in [3.8, 4) is 5.75 Å². The van der Waals surface area contributed by atoms with Gasteiger partial charge in [0.05, 0.1) is 5.69 Å². The number of para-hydroxylation sites is 2. The largest absolute Gasteiger partial charge is 0.506 e. The van der Waals surface area contributed by atoms with Gasteiger partial charge in [-0.25, -0.2) is 0 Å². The van der Waals surface area contributed by atoms with Crippen LogP contribution < -0.4 is 10.6 Å². The van der Waals surface area contributed by atoms with Crippen LogP contribution in [0.25, 0.3) is 0 Å². The highest BCUT2D eigenvalue weighted by molar-refractivity contribution is 5.93. The molecule has 1 aromatic rings. The Bertz CT molecular complexity index is 373. The third-order valence-corrected chi connectivity index (χ3v) is 2.87. The molecule has 0 bridgehead atoms. The zero-order valence-corrected chi connectivity index (χ0v) is 9.07. The van der Waals surface area contributed by atoms with Crippen LogP contribution in [0.5, 0.6) is 5.75 Å². The highest BCUT2D eigenvalue weighted by Gasteiger charge is 2.21. The molecular formula is C12H16N2O2. The van der Waals surface area contributed by atoms with E-state index < -0.39 is 0 Å². The van der Waals surface area contributed by atoms with Gasteiger partial charge in [0.2, 0.25) is 5.91 Å². The number of rotatable bonds is 2. The number of phenols is 1. The molecule has 0 unspecified atom stereocenters. The van der Waals surface area contributed by atoms with Crippen LogP contribution >= 0.6 is 0 Å². The summed E-state index contributed by atoms with van der Waals surface area (Å²) < 4.78 is 0. The van der Waals surface area contributed by atoms with Crippen LogP contribution in [0, 0.1) is 5.92 Å². The maximum absolute atomic E-state index is 11.9. The topological polar surface area (TPSA) is 61.4 Å². The number of anilines is 1. The lowest BCUT2D eigenvalue weighted by atomic mass is 9.97. The molecule has 1 fully saturated rings. The fraction of sp³-hybridized carbons (Fsp3) is 0.417. The van der Waals surface area contributed by atoms with Gasteiger partial charge < -0.3 is 15.7 Å². The molecule has 1 saturated heterocycles. The van der Waals surface area contributed by atoms with Gasteiger partial charge in [0.15, 0.2) is 0 Å². The number of piperidine rings is 1. The molecule has 0 spiro atoms. The smallest absolute Gasteiger partial charge is 0.227 e. The van der Waals surface area contributed by atoms with E-state index in [0.29, 0.717) is 5.69 Å². The summed E-state index contributed by atoms with van der Waals surface area (Å²) in [5, 5.41) is 15.5. The second-order valence-electron chi connectivity index (χ2n) is 4.03. The van der Waals surface area contributed by atoms with Gasteiger partial charge in [-0.2, -0.15) is 0 Å². The average Bonchev–Trinajstić information content (AvgIpc) is 2.33. The first-order valence-corrected chi connectivity index (χ1v) is 5.57. The molecule has 1 aliphatic heterocycles. The number of carbonyl (C=O) groups is 1. The highest BCUT2D eigenvalue weighted by Crippen LogP contribution is 2.23. The van der Waals surface area contributed by atoms with E-state index >= 15 is 0 Å². The molecule has 1 amide bonds. The lowest BCUT2D eigenvalue weighted by Gasteiger charge is -2.21. The Morgan fingerprint density at radius 3 is 2.69 bits per heavy atom. The first kappa shape index (κ1) is 11.0. The fourth-order valence-corrected chi connectivity index (χ4v) is 1.90. The van der Waals surface area contributed by atoms with Crippen LogP contribution in [-0.2, 0) is 4.79 Å². The zero-order chi connectivity index (χ0) is 11.4. The molecule has 0 aliphatic carbocycles. The third-order valence-electron chi connectivity index (χ3n) is 2.87. The summed E-state index contributed by atoms with van der Waals surface area (Å²) in [6, 6.07) is 6.79. The van der Waals surface area contributed by atoms with Crippen molar-refractivity contribution in [2.45, 2.75) is 12.8 Å². The van der Waals surface area contributed by atoms with E-state index in [1.165, 1.54) is 0 Å². The minimum atomic E-state index is 0.00278. The minimum absolute atomic E-state index is 0.00278. The average molecular weight is 220 g/mol. The van der Waals surface area contributed by atoms with E-state index in [9.17, 15) is 9.90 Å². The van der Waals surface area contributed by atoms with Crippen molar-refractivity contribution in [1.29, 1.82) is 0 Å². The van der Waals surface area contributed by atoms with Crippen molar-refractivity contribution < 1.29 is 9.90 Å². The number of phenolic OH excluding ortho intramolecular Hbond substituents is 1. The third kappa shape index (κ3) is 2.52. The van der Waals surface area contributed by atoms with E-state index in [0.717, 1.165) is 25.9 Å². The van der Waals surface area contributed by atoms with Crippen LogP contribution in [-0.4, -0.2) is 24.1 Å². The molecule has 0 radical (unpaired) electrons. The molecule has 3 N–H and O–H groups in total. The van der Waals surface area contributed by atoms with Gasteiger partial charge in [-0.3, -0.25) is 4.79 Å². The lowest BCUT2D eigenvalue weighted by molar-refractivity contribution is -0.120. The number of amides is 1. The van der Waals surface area contributed by atoms with Crippen molar-refractivity contribution in [3.05, 3.63) is 24.3 Å². The molecule has 0 atom stereocenters. The summed E-state index contributed by atoms with van der Waals surface area (Å²) in [6.45, 7) is 1.78. The Morgan fingerprint density at radius 2 is 2.00 bits per heavy atom. The van der Waals surface area contributed by atoms with Crippen LogP contribution in [0.15, 0.2) is 24.3 Å². The van der Waals surface area contributed by atoms with Crippen LogP contribution in [0.2, 0.25) is 0 Å². The number of benzene rings is 1. The molecule has 1 aliphatic rings. The van der Waals surface area contributed by atoms with Gasteiger partial charge in [-0.1, -0.05) is 12.1 Å². The molecular weight excluding hydrogens is 204 g/mol. The monoisotopic (exact) mass is 220 g/mol. The van der Waals surface area contributed by atoms with Crippen LogP contribution in [0.4, 0.5) is 5.69 Å². The van der Waals surface area contributed by atoms with Gasteiger partial charge in [0.25, 0.3) is 0 Å². The molecule has 2 rings (SSSR count). The van der Waals surface area contributed by atoms with Gasteiger partial charge >= 0.3 is 0 Å². The van der Waals surface area contributed by atoms with E-state index in [-0.39, 0.29) is 17.6 Å². The number of aromatic hydroxyl groups is 1. The summed E-state index contributed by atoms with van der Waals surface area (Å²) in [4.78, 5) is 11.9. The molecule has 1 heterocycles. The zero-order valence-electron chi connectivity index (χ0n) is 9.07.